The first-order chi connectivity index (χ1) is 11.7. The second-order valence-electron chi connectivity index (χ2n) is 6.79. The lowest BCUT2D eigenvalue weighted by Crippen LogP contribution is -2.41. The fourth-order valence-corrected chi connectivity index (χ4v) is 3.60. The van der Waals surface area contributed by atoms with Gasteiger partial charge in [-0.15, -0.1) is 0 Å². The predicted octanol–water partition coefficient (Wildman–Crippen LogP) is 1.76. The van der Waals surface area contributed by atoms with Gasteiger partial charge in [0.1, 0.15) is 11.5 Å². The molecule has 6 nitrogen and oxygen atoms in total. The van der Waals surface area contributed by atoms with Gasteiger partial charge >= 0.3 is 0 Å². The summed E-state index contributed by atoms with van der Waals surface area (Å²) in [5.41, 5.74) is 0. The first kappa shape index (κ1) is 17.3. The van der Waals surface area contributed by atoms with E-state index in [1.807, 2.05) is 13.0 Å². The van der Waals surface area contributed by atoms with Crippen LogP contribution in [0.4, 0.5) is 0 Å². The summed E-state index contributed by atoms with van der Waals surface area (Å²) < 4.78 is 5.91. The third kappa shape index (κ3) is 4.11. The first-order valence-electron chi connectivity index (χ1n) is 9.19. The minimum absolute atomic E-state index is 0.197. The molecular weight excluding hydrogens is 304 g/mol. The van der Waals surface area contributed by atoms with Crippen molar-refractivity contribution in [1.82, 2.24) is 15.1 Å². The topological polar surface area (TPSA) is 64.2 Å². The standard InChI is InChI=1S/C18H30N4O2/c1-3-19-18(22-11-8-15(23)13-22)20-12-16(21-9-4-5-10-21)17-7-6-14(2)24-17/h6-7,15-16,23H,3-5,8-13H2,1-2H3,(H,19,20)/t15-,16?/m1/s1. The normalized spacial score (nSPS) is 23.9. The molecule has 2 aliphatic heterocycles. The Balaban J connectivity index is 1.74. The van der Waals surface area contributed by atoms with E-state index in [4.69, 9.17) is 9.41 Å². The molecular formula is C18H30N4O2. The molecule has 2 saturated heterocycles. The van der Waals surface area contributed by atoms with Gasteiger partial charge in [-0.3, -0.25) is 9.89 Å². The number of aliphatic hydroxyl groups is 1. The summed E-state index contributed by atoms with van der Waals surface area (Å²) in [6.45, 7) is 9.33. The van der Waals surface area contributed by atoms with E-state index in [1.165, 1.54) is 12.8 Å². The molecule has 134 valence electrons. The molecule has 6 heteroatoms. The van der Waals surface area contributed by atoms with Gasteiger partial charge < -0.3 is 19.7 Å². The SMILES string of the molecule is CCNC(=NCC(c1ccc(C)o1)N1CCCC1)N1CC[C@@H](O)C1. The second-order valence-corrected chi connectivity index (χ2v) is 6.79. The number of hydrogen-bond acceptors (Lipinski definition) is 4. The van der Waals surface area contributed by atoms with Crippen molar-refractivity contribution in [3.05, 3.63) is 23.7 Å². The highest BCUT2D eigenvalue weighted by Crippen LogP contribution is 2.27. The van der Waals surface area contributed by atoms with Crippen molar-refractivity contribution in [1.29, 1.82) is 0 Å². The zero-order valence-corrected chi connectivity index (χ0v) is 14.9. The Morgan fingerprint density at radius 3 is 2.75 bits per heavy atom. The van der Waals surface area contributed by atoms with E-state index in [0.717, 1.165) is 50.1 Å². The quantitative estimate of drug-likeness (QED) is 0.634. The highest BCUT2D eigenvalue weighted by Gasteiger charge is 2.27. The second kappa shape index (κ2) is 8.03. The van der Waals surface area contributed by atoms with E-state index >= 15 is 0 Å². The number of nitrogens with one attached hydrogen (secondary N) is 1. The Morgan fingerprint density at radius 1 is 1.38 bits per heavy atom. The maximum atomic E-state index is 9.80. The van der Waals surface area contributed by atoms with Crippen molar-refractivity contribution >= 4 is 5.96 Å². The van der Waals surface area contributed by atoms with Crippen molar-refractivity contribution < 1.29 is 9.52 Å². The van der Waals surface area contributed by atoms with Gasteiger partial charge in [-0.1, -0.05) is 0 Å². The third-order valence-electron chi connectivity index (χ3n) is 4.88. The summed E-state index contributed by atoms with van der Waals surface area (Å²) >= 11 is 0. The number of aryl methyl sites for hydroxylation is 1. The van der Waals surface area contributed by atoms with Crippen LogP contribution in [0.15, 0.2) is 21.5 Å². The largest absolute Gasteiger partial charge is 0.465 e. The number of aliphatic imine (C=N–C) groups is 1. The summed E-state index contributed by atoms with van der Waals surface area (Å²) in [6, 6.07) is 4.31. The molecule has 0 aliphatic carbocycles. The van der Waals surface area contributed by atoms with Crippen LogP contribution in [-0.4, -0.2) is 66.2 Å². The van der Waals surface area contributed by atoms with Crippen LogP contribution in [0.2, 0.25) is 0 Å². The zero-order valence-electron chi connectivity index (χ0n) is 14.9. The van der Waals surface area contributed by atoms with Crippen LogP contribution in [0.5, 0.6) is 0 Å². The van der Waals surface area contributed by atoms with E-state index in [2.05, 4.69) is 28.1 Å². The number of aliphatic hydroxyl groups excluding tert-OH is 1. The lowest BCUT2D eigenvalue weighted by molar-refractivity contribution is 0.187. The van der Waals surface area contributed by atoms with Crippen LogP contribution in [0, 0.1) is 6.92 Å². The van der Waals surface area contributed by atoms with Gasteiger partial charge in [-0.25, -0.2) is 0 Å². The van der Waals surface area contributed by atoms with Crippen LogP contribution in [-0.2, 0) is 0 Å². The molecule has 1 unspecified atom stereocenters. The summed E-state index contributed by atoms with van der Waals surface area (Å²) in [5, 5.41) is 13.2. The maximum absolute atomic E-state index is 9.80. The highest BCUT2D eigenvalue weighted by molar-refractivity contribution is 5.80. The predicted molar refractivity (Wildman–Crippen MR) is 95.2 cm³/mol. The Labute approximate surface area is 144 Å². The van der Waals surface area contributed by atoms with E-state index in [0.29, 0.717) is 13.1 Å². The monoisotopic (exact) mass is 334 g/mol. The molecule has 0 radical (unpaired) electrons. The van der Waals surface area contributed by atoms with Gasteiger partial charge in [0, 0.05) is 19.6 Å². The summed E-state index contributed by atoms with van der Waals surface area (Å²) in [5.74, 6) is 2.87. The molecule has 0 bridgehead atoms. The molecule has 2 aliphatic rings. The van der Waals surface area contributed by atoms with Crippen LogP contribution < -0.4 is 5.32 Å². The third-order valence-corrected chi connectivity index (χ3v) is 4.88. The first-order valence-corrected chi connectivity index (χ1v) is 9.19. The van der Waals surface area contributed by atoms with Gasteiger partial charge in [0.05, 0.1) is 18.7 Å². The molecule has 3 heterocycles. The number of rotatable bonds is 5. The minimum atomic E-state index is -0.240. The Bertz CT molecular complexity index is 551. The van der Waals surface area contributed by atoms with Crippen molar-refractivity contribution in [2.75, 3.05) is 39.3 Å². The number of β-amino-alcohol motifs (C(OH)–C–C–N with tert-alkyl or cyclic N) is 1. The van der Waals surface area contributed by atoms with Gasteiger partial charge in [0.15, 0.2) is 5.96 Å². The lowest BCUT2D eigenvalue weighted by atomic mass is 10.2. The van der Waals surface area contributed by atoms with Crippen molar-refractivity contribution in [2.24, 2.45) is 4.99 Å². The van der Waals surface area contributed by atoms with Crippen molar-refractivity contribution in [3.8, 4) is 0 Å². The van der Waals surface area contributed by atoms with Gasteiger partial charge in [0.25, 0.3) is 0 Å². The average molecular weight is 334 g/mol. The Hall–Kier alpha value is -1.53. The van der Waals surface area contributed by atoms with Crippen LogP contribution in [0.3, 0.4) is 0 Å². The lowest BCUT2D eigenvalue weighted by Gasteiger charge is -2.26. The minimum Gasteiger partial charge on any atom is -0.465 e. The fourth-order valence-electron chi connectivity index (χ4n) is 3.60. The Kier molecular flexibility index (Phi) is 5.79. The molecule has 0 amide bonds. The smallest absolute Gasteiger partial charge is 0.194 e. The molecule has 24 heavy (non-hydrogen) atoms. The summed E-state index contributed by atoms with van der Waals surface area (Å²) in [6.07, 6.45) is 3.07. The molecule has 0 aromatic carbocycles. The van der Waals surface area contributed by atoms with Gasteiger partial charge in [0.2, 0.25) is 0 Å². The number of likely N-dealkylation sites (tertiary alicyclic amines) is 2. The summed E-state index contributed by atoms with van der Waals surface area (Å²) in [4.78, 5) is 9.51. The van der Waals surface area contributed by atoms with E-state index < -0.39 is 0 Å². The summed E-state index contributed by atoms with van der Waals surface area (Å²) in [7, 11) is 0. The number of guanidine groups is 1. The molecule has 0 saturated carbocycles. The zero-order chi connectivity index (χ0) is 16.9. The van der Waals surface area contributed by atoms with Crippen molar-refractivity contribution in [2.45, 2.75) is 45.3 Å². The molecule has 2 atom stereocenters. The highest BCUT2D eigenvalue weighted by atomic mass is 16.3. The van der Waals surface area contributed by atoms with Crippen molar-refractivity contribution in [3.63, 3.8) is 0 Å². The molecule has 1 aromatic heterocycles. The molecule has 2 fully saturated rings. The van der Waals surface area contributed by atoms with E-state index in [9.17, 15) is 5.11 Å². The maximum Gasteiger partial charge on any atom is 0.194 e. The van der Waals surface area contributed by atoms with E-state index in [-0.39, 0.29) is 12.1 Å². The molecule has 3 rings (SSSR count). The van der Waals surface area contributed by atoms with Crippen LogP contribution in [0.1, 0.15) is 43.7 Å². The fraction of sp³-hybridized carbons (Fsp3) is 0.722. The molecule has 0 spiro atoms. The Morgan fingerprint density at radius 2 is 2.17 bits per heavy atom. The number of nitrogens with zero attached hydrogens (tertiary/aromatic N) is 3. The number of furan rings is 1. The molecule has 1 aromatic rings. The van der Waals surface area contributed by atoms with E-state index in [1.54, 1.807) is 0 Å². The van der Waals surface area contributed by atoms with Gasteiger partial charge in [-0.2, -0.15) is 0 Å². The molecule has 2 N–H and O–H groups in total. The number of hydrogen-bond donors (Lipinski definition) is 2. The van der Waals surface area contributed by atoms with Gasteiger partial charge in [-0.05, 0) is 58.3 Å². The van der Waals surface area contributed by atoms with Crippen LogP contribution in [0.25, 0.3) is 0 Å². The van der Waals surface area contributed by atoms with Crippen LogP contribution >= 0.6 is 0 Å². The average Bonchev–Trinajstić information content (AvgIpc) is 3.29.